The number of H-pyrrole nitrogens is 1. The maximum absolute atomic E-state index is 13.4. The molecular weight excluding hydrogens is 895 g/mol. The molecular formula is C57H65N5O7Si. The van der Waals surface area contributed by atoms with Crippen molar-refractivity contribution < 1.29 is 28.6 Å². The summed E-state index contributed by atoms with van der Waals surface area (Å²) in [5, 5.41) is 22.2. The number of benzene rings is 5. The topological polar surface area (TPSA) is 156 Å². The zero-order valence-corrected chi connectivity index (χ0v) is 41.8. The second kappa shape index (κ2) is 22.2. The molecule has 2 heterocycles. The van der Waals surface area contributed by atoms with Crippen LogP contribution in [0.2, 0.25) is 18.1 Å². The molecule has 0 radical (unpaired) electrons. The number of aromatic hydroxyl groups is 1. The van der Waals surface area contributed by atoms with Gasteiger partial charge in [-0.2, -0.15) is 0 Å². The summed E-state index contributed by atoms with van der Waals surface area (Å²) >= 11 is 0. The minimum atomic E-state index is -2.22. The maximum atomic E-state index is 13.4. The van der Waals surface area contributed by atoms with E-state index in [9.17, 15) is 19.5 Å². The summed E-state index contributed by atoms with van der Waals surface area (Å²) in [5.41, 5.74) is 7.82. The number of ether oxygens (including phenoxy) is 2. The lowest BCUT2D eigenvalue weighted by Gasteiger charge is -2.39. The molecule has 2 aromatic heterocycles. The summed E-state index contributed by atoms with van der Waals surface area (Å²) in [6.45, 7) is 13.3. The molecule has 7 aromatic rings. The standard InChI is InChI=1S/C57H65N5O7Si/c1-57(2,3)70(4,5)69-52(47-26-29-51(63)54-48(47)27-30-53(64)61-54)37-58-36-41-20-28-50-43(34-41)31-33-62(50)32-13-12-14-39-19-25-46(42-17-10-7-11-18-42)49(35-39)60-56(66)68-45-23-21-44(22-24-45)59-55(65)67-38-40-15-8-6-9-16-40/h6-12,14-20,25-31,33-35,44-45,52,58,63H,13,21-24,32,36-38H2,1-5H3,(H,59,65)(H,60,66)(H,61,64)/b14-12+/t44?,45?,52-/m0/s1. The third-order valence-electron chi connectivity index (χ3n) is 13.7. The minimum Gasteiger partial charge on any atom is -0.506 e. The third kappa shape index (κ3) is 12.6. The summed E-state index contributed by atoms with van der Waals surface area (Å²) in [6, 6.07) is 41.1. The van der Waals surface area contributed by atoms with Gasteiger partial charge in [-0.3, -0.25) is 10.1 Å². The number of carbonyl (C=O) groups is 2. The lowest BCUT2D eigenvalue weighted by atomic mass is 9.93. The molecule has 0 aliphatic heterocycles. The van der Waals surface area contributed by atoms with Crippen molar-refractivity contribution in [3.05, 3.63) is 172 Å². The molecule has 5 N–H and O–H groups in total. The van der Waals surface area contributed by atoms with Crippen LogP contribution in [0.1, 0.15) is 81.2 Å². The van der Waals surface area contributed by atoms with Gasteiger partial charge in [-0.1, -0.05) is 118 Å². The van der Waals surface area contributed by atoms with E-state index in [1.807, 2.05) is 78.9 Å². The van der Waals surface area contributed by atoms with E-state index in [1.165, 1.54) is 6.07 Å². The first-order valence-corrected chi connectivity index (χ1v) is 27.2. The Morgan fingerprint density at radius 1 is 0.857 bits per heavy atom. The summed E-state index contributed by atoms with van der Waals surface area (Å²) < 4.78 is 20.6. The highest BCUT2D eigenvalue weighted by Crippen LogP contribution is 2.41. The molecule has 1 aliphatic rings. The van der Waals surface area contributed by atoms with Crippen LogP contribution in [-0.2, 0) is 33.6 Å². The van der Waals surface area contributed by atoms with E-state index in [-0.39, 0.29) is 41.2 Å². The maximum Gasteiger partial charge on any atom is 0.411 e. The number of hydrogen-bond donors (Lipinski definition) is 5. The molecule has 13 heteroatoms. The number of amides is 2. The number of aromatic amines is 1. The molecule has 1 atom stereocenters. The first-order chi connectivity index (χ1) is 33.7. The second-order valence-corrected chi connectivity index (χ2v) is 24.5. The van der Waals surface area contributed by atoms with E-state index in [4.69, 9.17) is 13.9 Å². The second-order valence-electron chi connectivity index (χ2n) is 19.8. The first kappa shape index (κ1) is 49.5. The number of nitrogens with one attached hydrogen (secondary N) is 4. The monoisotopic (exact) mass is 959 g/mol. The van der Waals surface area contributed by atoms with Crippen molar-refractivity contribution in [3.63, 3.8) is 0 Å². The van der Waals surface area contributed by atoms with Crippen molar-refractivity contribution in [2.75, 3.05) is 11.9 Å². The van der Waals surface area contributed by atoms with Gasteiger partial charge in [0.1, 0.15) is 18.5 Å². The van der Waals surface area contributed by atoms with Gasteiger partial charge in [0.05, 0.1) is 17.3 Å². The quantitative estimate of drug-likeness (QED) is 0.0565. The number of pyridine rings is 1. The Bertz CT molecular complexity index is 2990. The fourth-order valence-corrected chi connectivity index (χ4v) is 10.1. The number of allylic oxidation sites excluding steroid dienone is 1. The molecule has 0 spiro atoms. The van der Waals surface area contributed by atoms with Crippen molar-refractivity contribution in [2.45, 2.75) is 109 Å². The molecule has 0 saturated heterocycles. The number of alkyl carbamates (subject to hydrolysis) is 1. The zero-order valence-electron chi connectivity index (χ0n) is 40.8. The van der Waals surface area contributed by atoms with Crippen LogP contribution in [0.5, 0.6) is 5.75 Å². The highest BCUT2D eigenvalue weighted by atomic mass is 28.4. The molecule has 70 heavy (non-hydrogen) atoms. The van der Waals surface area contributed by atoms with E-state index >= 15 is 0 Å². The van der Waals surface area contributed by atoms with Crippen molar-refractivity contribution in [1.29, 1.82) is 0 Å². The number of fused-ring (bicyclic) bond motifs is 2. The predicted octanol–water partition coefficient (Wildman–Crippen LogP) is 12.6. The highest BCUT2D eigenvalue weighted by molar-refractivity contribution is 6.74. The number of rotatable bonds is 17. The minimum absolute atomic E-state index is 0.0154. The predicted molar refractivity (Wildman–Crippen MR) is 282 cm³/mol. The number of aryl methyl sites for hydroxylation is 1. The number of phenols is 1. The Morgan fingerprint density at radius 3 is 2.37 bits per heavy atom. The van der Waals surface area contributed by atoms with Crippen molar-refractivity contribution in [1.82, 2.24) is 20.2 Å². The summed E-state index contributed by atoms with van der Waals surface area (Å²) in [7, 11) is -2.22. The number of nitrogens with zero attached hydrogens (tertiary/aromatic N) is 1. The molecule has 1 saturated carbocycles. The lowest BCUT2D eigenvalue weighted by molar-refractivity contribution is 0.0761. The van der Waals surface area contributed by atoms with Crippen LogP contribution >= 0.6 is 0 Å². The van der Waals surface area contributed by atoms with Gasteiger partial charge in [-0.25, -0.2) is 9.59 Å². The van der Waals surface area contributed by atoms with Crippen LogP contribution < -0.4 is 21.5 Å². The van der Waals surface area contributed by atoms with Gasteiger partial charge >= 0.3 is 12.2 Å². The average molecular weight is 960 g/mol. The van der Waals surface area contributed by atoms with Crippen molar-refractivity contribution >= 4 is 54.1 Å². The van der Waals surface area contributed by atoms with E-state index in [2.05, 4.69) is 108 Å². The fourth-order valence-electron chi connectivity index (χ4n) is 8.81. The molecule has 364 valence electrons. The average Bonchev–Trinajstić information content (AvgIpc) is 3.75. The molecule has 0 unspecified atom stereocenters. The van der Waals surface area contributed by atoms with Gasteiger partial charge in [0.25, 0.3) is 0 Å². The van der Waals surface area contributed by atoms with Gasteiger partial charge in [-0.05, 0) is 120 Å². The molecule has 1 aliphatic carbocycles. The van der Waals surface area contributed by atoms with Gasteiger partial charge in [0.2, 0.25) is 5.56 Å². The van der Waals surface area contributed by atoms with Crippen LogP contribution in [0.3, 0.4) is 0 Å². The largest absolute Gasteiger partial charge is 0.506 e. The van der Waals surface area contributed by atoms with E-state index < -0.39 is 20.5 Å². The number of hydrogen-bond acceptors (Lipinski definition) is 8. The van der Waals surface area contributed by atoms with Crippen LogP contribution in [0, 0.1) is 0 Å². The molecule has 2 amide bonds. The number of anilines is 1. The molecule has 5 aromatic carbocycles. The van der Waals surface area contributed by atoms with Crippen molar-refractivity contribution in [3.8, 4) is 16.9 Å². The molecule has 8 rings (SSSR count). The van der Waals surface area contributed by atoms with Crippen LogP contribution in [0.15, 0.2) is 144 Å². The first-order valence-electron chi connectivity index (χ1n) is 24.3. The van der Waals surface area contributed by atoms with Gasteiger partial charge < -0.3 is 39.2 Å². The SMILES string of the molecule is CC(C)(C)[Si](C)(C)O[C@@H](CNCc1ccc2c(ccn2CC/C=C/c2ccc(-c3ccccc3)c(NC(=O)OC3CCC(NC(=O)OCc4ccccc4)CC3)c2)c1)c1ccc(O)c2[nH]c(=O)ccc12. The number of carbonyl (C=O) groups excluding carboxylic acids is 2. The number of phenolic OH excluding ortho intramolecular Hbond substituents is 1. The molecule has 1 fully saturated rings. The zero-order chi connectivity index (χ0) is 49.3. The Morgan fingerprint density at radius 2 is 1.61 bits per heavy atom. The Labute approximate surface area is 411 Å². The van der Waals surface area contributed by atoms with Crippen LogP contribution in [0.4, 0.5) is 15.3 Å². The molecule has 12 nitrogen and oxygen atoms in total. The smallest absolute Gasteiger partial charge is 0.411 e. The summed E-state index contributed by atoms with van der Waals surface area (Å²) in [4.78, 5) is 40.8. The fraction of sp³-hybridized carbons (Fsp3) is 0.316. The van der Waals surface area contributed by atoms with Crippen LogP contribution in [-0.4, -0.2) is 53.9 Å². The summed E-state index contributed by atoms with van der Waals surface area (Å²) in [6.07, 6.45) is 8.34. The Balaban J connectivity index is 0.856. The number of aromatic nitrogens is 2. The van der Waals surface area contributed by atoms with Gasteiger partial charge in [-0.15, -0.1) is 0 Å². The van der Waals surface area contributed by atoms with E-state index in [1.54, 1.807) is 12.1 Å². The molecule has 0 bridgehead atoms. The van der Waals surface area contributed by atoms with Crippen LogP contribution in [0.25, 0.3) is 39.0 Å². The Hall–Kier alpha value is -6.93. The van der Waals surface area contributed by atoms with Gasteiger partial charge in [0, 0.05) is 54.4 Å². The Kier molecular flexibility index (Phi) is 15.7. The normalized spacial score (nSPS) is 15.8. The third-order valence-corrected chi connectivity index (χ3v) is 18.2. The highest BCUT2D eigenvalue weighted by Gasteiger charge is 2.40. The van der Waals surface area contributed by atoms with Crippen molar-refractivity contribution in [2.24, 2.45) is 0 Å². The van der Waals surface area contributed by atoms with E-state index in [0.29, 0.717) is 50.0 Å². The van der Waals surface area contributed by atoms with E-state index in [0.717, 1.165) is 62.6 Å². The lowest BCUT2D eigenvalue weighted by Crippen LogP contribution is -2.43. The summed E-state index contributed by atoms with van der Waals surface area (Å²) in [5.74, 6) is 0.0332. The van der Waals surface area contributed by atoms with Gasteiger partial charge in [0.15, 0.2) is 8.32 Å².